The Bertz CT molecular complexity index is 1040. The Kier molecular flexibility index (Phi) is 6.05. The van der Waals surface area contributed by atoms with E-state index in [0.717, 1.165) is 39.8 Å². The van der Waals surface area contributed by atoms with Crippen molar-refractivity contribution in [1.82, 2.24) is 0 Å². The third-order valence-corrected chi connectivity index (χ3v) is 5.95. The maximum absolute atomic E-state index is 13.7. The average Bonchev–Trinajstić information content (AvgIpc) is 2.79. The summed E-state index contributed by atoms with van der Waals surface area (Å²) in [7, 11) is 0. The summed E-state index contributed by atoms with van der Waals surface area (Å²) in [4.78, 5) is 13.7. The van der Waals surface area contributed by atoms with Gasteiger partial charge in [-0.1, -0.05) is 61.0 Å². The molecule has 1 amide bonds. The number of amides is 1. The van der Waals surface area contributed by atoms with E-state index in [1.807, 2.05) is 42.5 Å². The molecule has 1 fully saturated rings. The number of nitrogens with one attached hydrogen (secondary N) is 1. The molecule has 3 aromatic rings. The van der Waals surface area contributed by atoms with Gasteiger partial charge in [0.1, 0.15) is 5.75 Å². The van der Waals surface area contributed by atoms with Crippen LogP contribution in [0.3, 0.4) is 0 Å². The first kappa shape index (κ1) is 20.4. The molecule has 0 radical (unpaired) electrons. The second-order valence-electron chi connectivity index (χ2n) is 8.02. The van der Waals surface area contributed by atoms with Crippen LogP contribution in [0.4, 0.5) is 5.69 Å². The van der Waals surface area contributed by atoms with Gasteiger partial charge in [0.25, 0.3) is 0 Å². The molecule has 0 aromatic heterocycles. The highest BCUT2D eigenvalue weighted by Crippen LogP contribution is 2.38. The monoisotopic (exact) mass is 403 g/mol. The third kappa shape index (κ3) is 3.92. The fourth-order valence-corrected chi connectivity index (χ4v) is 4.27. The number of rotatable bonds is 6. The van der Waals surface area contributed by atoms with Crippen molar-refractivity contribution in [2.24, 2.45) is 0 Å². The Labute approximate surface area is 178 Å². The van der Waals surface area contributed by atoms with Gasteiger partial charge >= 0.3 is 0 Å². The topological polar surface area (TPSA) is 47.6 Å². The summed E-state index contributed by atoms with van der Waals surface area (Å²) < 4.78 is 11.5. The smallest absolute Gasteiger partial charge is 0.235 e. The predicted molar refractivity (Wildman–Crippen MR) is 121 cm³/mol. The normalized spacial score (nSPS) is 15.7. The second kappa shape index (κ2) is 8.88. The van der Waals surface area contributed by atoms with Crippen LogP contribution in [0.2, 0.25) is 0 Å². The zero-order valence-electron chi connectivity index (χ0n) is 17.7. The summed E-state index contributed by atoms with van der Waals surface area (Å²) in [6.07, 6.45) is 2.31. The van der Waals surface area contributed by atoms with Crippen LogP contribution >= 0.6 is 0 Å². The molecule has 1 aliphatic rings. The van der Waals surface area contributed by atoms with Crippen LogP contribution in [0.25, 0.3) is 10.8 Å². The fourth-order valence-electron chi connectivity index (χ4n) is 4.27. The molecule has 30 heavy (non-hydrogen) atoms. The first-order chi connectivity index (χ1) is 14.6. The van der Waals surface area contributed by atoms with E-state index in [0.29, 0.717) is 32.7 Å². The number of ether oxygens (including phenoxy) is 2. The molecule has 1 heterocycles. The van der Waals surface area contributed by atoms with E-state index in [4.69, 9.17) is 9.47 Å². The quantitative estimate of drug-likeness (QED) is 0.581. The molecule has 1 N–H and O–H groups in total. The standard InChI is InChI=1S/C26H29NO3/c1-3-15-30-24-12-11-23(21-9-4-5-10-22(21)24)27-25(28)26(13-16-29-17-14-26)20-8-6-7-19(2)18-20/h4-12,18H,3,13-17H2,1-2H3,(H,27,28). The Morgan fingerprint density at radius 3 is 2.53 bits per heavy atom. The van der Waals surface area contributed by atoms with E-state index in [1.165, 1.54) is 0 Å². The Hall–Kier alpha value is -2.85. The van der Waals surface area contributed by atoms with Gasteiger partial charge in [-0.15, -0.1) is 0 Å². The number of hydrogen-bond acceptors (Lipinski definition) is 3. The SMILES string of the molecule is CCCOc1ccc(NC(=O)C2(c3cccc(C)c3)CCOCC2)c2ccccc12. The van der Waals surface area contributed by atoms with Crippen LogP contribution in [0, 0.1) is 6.92 Å². The van der Waals surface area contributed by atoms with Crippen molar-refractivity contribution in [3.63, 3.8) is 0 Å². The summed E-state index contributed by atoms with van der Waals surface area (Å²) in [5, 5.41) is 5.25. The summed E-state index contributed by atoms with van der Waals surface area (Å²) in [6.45, 7) is 6.01. The van der Waals surface area contributed by atoms with E-state index in [1.54, 1.807) is 0 Å². The molecule has 0 bridgehead atoms. The number of fused-ring (bicyclic) bond motifs is 1. The van der Waals surface area contributed by atoms with Crippen LogP contribution in [-0.2, 0) is 14.9 Å². The minimum absolute atomic E-state index is 0.0313. The lowest BCUT2D eigenvalue weighted by Gasteiger charge is -2.36. The number of carbonyl (C=O) groups is 1. The largest absolute Gasteiger partial charge is 0.493 e. The van der Waals surface area contributed by atoms with Gasteiger partial charge in [0.05, 0.1) is 12.0 Å². The number of aryl methyl sites for hydroxylation is 1. The van der Waals surface area contributed by atoms with Gasteiger partial charge in [-0.25, -0.2) is 0 Å². The van der Waals surface area contributed by atoms with E-state index in [2.05, 4.69) is 37.4 Å². The molecular weight excluding hydrogens is 374 g/mol. The van der Waals surface area contributed by atoms with Crippen LogP contribution in [0.5, 0.6) is 5.75 Å². The molecule has 0 saturated carbocycles. The van der Waals surface area contributed by atoms with Gasteiger partial charge in [-0.05, 0) is 43.9 Å². The summed E-state index contributed by atoms with van der Waals surface area (Å²) >= 11 is 0. The fraction of sp³-hybridized carbons (Fsp3) is 0.346. The minimum Gasteiger partial charge on any atom is -0.493 e. The predicted octanol–water partition coefficient (Wildman–Crippen LogP) is 5.62. The maximum atomic E-state index is 13.7. The van der Waals surface area contributed by atoms with Crippen LogP contribution < -0.4 is 10.1 Å². The number of hydrogen-bond donors (Lipinski definition) is 1. The molecule has 4 heteroatoms. The van der Waals surface area contributed by atoms with Gasteiger partial charge in [-0.3, -0.25) is 4.79 Å². The molecule has 4 nitrogen and oxygen atoms in total. The van der Waals surface area contributed by atoms with Crippen molar-refractivity contribution in [3.05, 3.63) is 71.8 Å². The van der Waals surface area contributed by atoms with E-state index in [9.17, 15) is 4.79 Å². The maximum Gasteiger partial charge on any atom is 0.235 e. The van der Waals surface area contributed by atoms with Crippen LogP contribution in [0.1, 0.15) is 37.3 Å². The van der Waals surface area contributed by atoms with Gasteiger partial charge in [-0.2, -0.15) is 0 Å². The highest BCUT2D eigenvalue weighted by atomic mass is 16.5. The highest BCUT2D eigenvalue weighted by molar-refractivity contribution is 6.07. The van der Waals surface area contributed by atoms with Gasteiger partial charge in [0.15, 0.2) is 0 Å². The Balaban J connectivity index is 1.70. The lowest BCUT2D eigenvalue weighted by Crippen LogP contribution is -2.44. The highest BCUT2D eigenvalue weighted by Gasteiger charge is 2.42. The van der Waals surface area contributed by atoms with Crippen LogP contribution in [-0.4, -0.2) is 25.7 Å². The summed E-state index contributed by atoms with van der Waals surface area (Å²) in [5.74, 6) is 0.883. The van der Waals surface area contributed by atoms with E-state index >= 15 is 0 Å². The van der Waals surface area contributed by atoms with Crippen LogP contribution in [0.15, 0.2) is 60.7 Å². The molecule has 0 atom stereocenters. The van der Waals surface area contributed by atoms with Crippen molar-refractivity contribution in [3.8, 4) is 5.75 Å². The number of anilines is 1. The lowest BCUT2D eigenvalue weighted by molar-refractivity contribution is -0.125. The second-order valence-corrected chi connectivity index (χ2v) is 8.02. The third-order valence-electron chi connectivity index (χ3n) is 5.95. The summed E-state index contributed by atoms with van der Waals surface area (Å²) in [6, 6.07) is 20.3. The summed E-state index contributed by atoms with van der Waals surface area (Å²) in [5.41, 5.74) is 2.46. The zero-order chi connectivity index (χ0) is 21.0. The van der Waals surface area contributed by atoms with Gasteiger partial charge in [0, 0.05) is 29.7 Å². The zero-order valence-corrected chi connectivity index (χ0v) is 17.7. The van der Waals surface area contributed by atoms with Gasteiger partial charge in [0.2, 0.25) is 5.91 Å². The van der Waals surface area contributed by atoms with Crippen molar-refractivity contribution < 1.29 is 14.3 Å². The number of benzene rings is 3. The van der Waals surface area contributed by atoms with Crippen molar-refractivity contribution in [2.75, 3.05) is 25.1 Å². The van der Waals surface area contributed by atoms with E-state index in [-0.39, 0.29) is 5.91 Å². The Morgan fingerprint density at radius 2 is 1.80 bits per heavy atom. The first-order valence-corrected chi connectivity index (χ1v) is 10.7. The molecule has 156 valence electrons. The average molecular weight is 404 g/mol. The lowest BCUT2D eigenvalue weighted by atomic mass is 9.73. The molecule has 1 aliphatic heterocycles. The van der Waals surface area contributed by atoms with Gasteiger partial charge < -0.3 is 14.8 Å². The molecule has 0 unspecified atom stereocenters. The first-order valence-electron chi connectivity index (χ1n) is 10.7. The number of carbonyl (C=O) groups excluding carboxylic acids is 1. The molecule has 0 spiro atoms. The Morgan fingerprint density at radius 1 is 1.03 bits per heavy atom. The molecule has 3 aromatic carbocycles. The van der Waals surface area contributed by atoms with Crippen molar-refractivity contribution >= 4 is 22.4 Å². The molecule has 4 rings (SSSR count). The van der Waals surface area contributed by atoms with Crippen molar-refractivity contribution in [1.29, 1.82) is 0 Å². The van der Waals surface area contributed by atoms with E-state index < -0.39 is 5.41 Å². The molecular formula is C26H29NO3. The van der Waals surface area contributed by atoms with Crippen molar-refractivity contribution in [2.45, 2.75) is 38.5 Å². The molecule has 0 aliphatic carbocycles. The minimum atomic E-state index is -0.581. The molecule has 1 saturated heterocycles.